The van der Waals surface area contributed by atoms with E-state index in [4.69, 9.17) is 23.8 Å². The molecular weight excluding hydrogens is 331 g/mol. The summed E-state index contributed by atoms with van der Waals surface area (Å²) in [6.07, 6.45) is 0. The molecule has 1 aromatic carbocycles. The number of hydrogen-bond acceptors (Lipinski definition) is 3. The van der Waals surface area contributed by atoms with Crippen LogP contribution < -0.4 is 5.32 Å². The number of nitrogens with one attached hydrogen (secondary N) is 1. The number of anilines is 1. The summed E-state index contributed by atoms with van der Waals surface area (Å²) in [6.45, 7) is 7.41. The average molecular weight is 349 g/mol. The van der Waals surface area contributed by atoms with E-state index in [-0.39, 0.29) is 16.2 Å². The lowest BCUT2D eigenvalue weighted by Gasteiger charge is -2.23. The molecule has 0 aliphatic rings. The van der Waals surface area contributed by atoms with Gasteiger partial charge in [0.05, 0.1) is 16.0 Å². The number of benzene rings is 1. The van der Waals surface area contributed by atoms with Gasteiger partial charge in [-0.3, -0.25) is 4.79 Å². The van der Waals surface area contributed by atoms with Crippen molar-refractivity contribution >= 4 is 51.5 Å². The van der Waals surface area contributed by atoms with Crippen LogP contribution in [0.15, 0.2) is 18.2 Å². The molecule has 0 heterocycles. The fraction of sp³-hybridized carbons (Fsp3) is 0.429. The number of thiocarbonyl (C=S) groups is 1. The minimum atomic E-state index is -0.442. The maximum atomic E-state index is 13.0. The molecular formula is C14H18ClFN2OS2. The molecule has 0 saturated heterocycles. The molecule has 0 aliphatic heterocycles. The zero-order valence-corrected chi connectivity index (χ0v) is 14.5. The lowest BCUT2D eigenvalue weighted by molar-refractivity contribution is -0.115. The van der Waals surface area contributed by atoms with E-state index < -0.39 is 5.82 Å². The van der Waals surface area contributed by atoms with Gasteiger partial charge in [-0.2, -0.15) is 0 Å². The lowest BCUT2D eigenvalue weighted by atomic mass is 10.3. The number of amides is 1. The quantitative estimate of drug-likeness (QED) is 0.809. The first-order valence-electron chi connectivity index (χ1n) is 6.60. The van der Waals surface area contributed by atoms with Crippen LogP contribution in [0.4, 0.5) is 10.1 Å². The molecule has 0 aliphatic carbocycles. The highest BCUT2D eigenvalue weighted by atomic mass is 35.5. The highest BCUT2D eigenvalue weighted by Gasteiger charge is 2.19. The summed E-state index contributed by atoms with van der Waals surface area (Å²) in [5.74, 6) is -0.661. The van der Waals surface area contributed by atoms with Crippen molar-refractivity contribution < 1.29 is 9.18 Å². The first-order valence-corrected chi connectivity index (χ1v) is 8.27. The molecule has 3 nitrogen and oxygen atoms in total. The average Bonchev–Trinajstić information content (AvgIpc) is 2.43. The van der Waals surface area contributed by atoms with Gasteiger partial charge in [-0.1, -0.05) is 35.6 Å². The number of carbonyl (C=O) groups excluding carboxylic acids is 1. The number of carbonyl (C=O) groups is 1. The molecule has 0 unspecified atom stereocenters. The standard InChI is InChI=1S/C14H18ClFN2OS2/c1-4-18(5-2)14(20)21-9(3)13(19)17-12-7-6-10(16)8-11(12)15/h6-9H,4-5H2,1-3H3,(H,17,19)/t9-/m1/s1. The summed E-state index contributed by atoms with van der Waals surface area (Å²) in [5, 5.41) is 2.49. The maximum Gasteiger partial charge on any atom is 0.237 e. The SMILES string of the molecule is CCN(CC)C(=S)S[C@H](C)C(=O)Nc1ccc(F)cc1Cl. The molecule has 0 spiro atoms. The van der Waals surface area contributed by atoms with Gasteiger partial charge in [-0.15, -0.1) is 0 Å². The predicted molar refractivity (Wildman–Crippen MR) is 92.6 cm³/mol. The van der Waals surface area contributed by atoms with Gasteiger partial charge in [-0.05, 0) is 39.0 Å². The second-order valence-corrected chi connectivity index (χ2v) is 6.69. The zero-order chi connectivity index (χ0) is 16.0. The Morgan fingerprint density at radius 3 is 2.62 bits per heavy atom. The number of hydrogen-bond donors (Lipinski definition) is 1. The second kappa shape index (κ2) is 8.56. The van der Waals surface area contributed by atoms with Gasteiger partial charge in [0.2, 0.25) is 5.91 Å². The molecule has 1 aromatic rings. The zero-order valence-electron chi connectivity index (χ0n) is 12.2. The molecule has 116 valence electrons. The van der Waals surface area contributed by atoms with Crippen molar-refractivity contribution in [3.8, 4) is 0 Å². The van der Waals surface area contributed by atoms with Crippen molar-refractivity contribution in [2.24, 2.45) is 0 Å². The van der Waals surface area contributed by atoms with Crippen LogP contribution in [0.2, 0.25) is 5.02 Å². The van der Waals surface area contributed by atoms with Crippen LogP contribution in [-0.2, 0) is 4.79 Å². The molecule has 0 saturated carbocycles. The van der Waals surface area contributed by atoms with Crippen molar-refractivity contribution in [3.63, 3.8) is 0 Å². The van der Waals surface area contributed by atoms with Gasteiger partial charge in [0, 0.05) is 13.1 Å². The number of halogens is 2. The third kappa shape index (κ3) is 5.45. The Balaban J connectivity index is 2.64. The Bertz CT molecular complexity index is 524. The van der Waals surface area contributed by atoms with Crippen molar-refractivity contribution in [2.45, 2.75) is 26.0 Å². The molecule has 0 radical (unpaired) electrons. The molecule has 0 aromatic heterocycles. The van der Waals surface area contributed by atoms with E-state index in [1.54, 1.807) is 6.92 Å². The van der Waals surface area contributed by atoms with Crippen LogP contribution in [0.1, 0.15) is 20.8 Å². The van der Waals surface area contributed by atoms with Crippen LogP contribution >= 0.6 is 35.6 Å². The third-order valence-corrected chi connectivity index (χ3v) is 4.74. The minimum absolute atomic E-state index is 0.173. The van der Waals surface area contributed by atoms with E-state index in [9.17, 15) is 9.18 Å². The summed E-state index contributed by atoms with van der Waals surface area (Å²) >= 11 is 12.5. The Morgan fingerprint density at radius 2 is 2.10 bits per heavy atom. The van der Waals surface area contributed by atoms with Gasteiger partial charge in [0.25, 0.3) is 0 Å². The predicted octanol–water partition coefficient (Wildman–Crippen LogP) is 4.17. The molecule has 7 heteroatoms. The van der Waals surface area contributed by atoms with Gasteiger partial charge in [-0.25, -0.2) is 4.39 Å². The summed E-state index contributed by atoms with van der Waals surface area (Å²) in [6, 6.07) is 3.85. The Kier molecular flexibility index (Phi) is 7.42. The van der Waals surface area contributed by atoms with Crippen molar-refractivity contribution in [1.82, 2.24) is 4.90 Å². The highest BCUT2D eigenvalue weighted by molar-refractivity contribution is 8.23. The molecule has 1 rings (SSSR count). The number of thioether (sulfide) groups is 1. The van der Waals surface area contributed by atoms with Crippen molar-refractivity contribution in [2.75, 3.05) is 18.4 Å². The highest BCUT2D eigenvalue weighted by Crippen LogP contribution is 2.24. The minimum Gasteiger partial charge on any atom is -0.358 e. The summed E-state index contributed by atoms with van der Waals surface area (Å²) in [4.78, 5) is 14.1. The monoisotopic (exact) mass is 348 g/mol. The summed E-state index contributed by atoms with van der Waals surface area (Å²) in [7, 11) is 0. The number of rotatable bonds is 5. The lowest BCUT2D eigenvalue weighted by Crippen LogP contribution is -2.31. The van der Waals surface area contributed by atoms with E-state index >= 15 is 0 Å². The summed E-state index contributed by atoms with van der Waals surface area (Å²) in [5.41, 5.74) is 0.393. The smallest absolute Gasteiger partial charge is 0.237 e. The van der Waals surface area contributed by atoms with E-state index in [0.717, 1.165) is 19.2 Å². The van der Waals surface area contributed by atoms with Crippen LogP contribution in [0.3, 0.4) is 0 Å². The fourth-order valence-electron chi connectivity index (χ4n) is 1.59. The summed E-state index contributed by atoms with van der Waals surface area (Å²) < 4.78 is 13.6. The molecule has 1 amide bonds. The maximum absolute atomic E-state index is 13.0. The Hall–Kier alpha value is -0.850. The molecule has 0 bridgehead atoms. The van der Waals surface area contributed by atoms with E-state index in [0.29, 0.717) is 10.0 Å². The molecule has 21 heavy (non-hydrogen) atoms. The normalized spacial score (nSPS) is 11.9. The third-order valence-electron chi connectivity index (χ3n) is 2.86. The van der Waals surface area contributed by atoms with Gasteiger partial charge in [0.15, 0.2) is 0 Å². The van der Waals surface area contributed by atoms with Crippen LogP contribution in [0, 0.1) is 5.82 Å². The van der Waals surface area contributed by atoms with Crippen molar-refractivity contribution in [3.05, 3.63) is 29.0 Å². The van der Waals surface area contributed by atoms with Crippen LogP contribution in [0.5, 0.6) is 0 Å². The topological polar surface area (TPSA) is 32.3 Å². The van der Waals surface area contributed by atoms with Gasteiger partial charge >= 0.3 is 0 Å². The van der Waals surface area contributed by atoms with E-state index in [2.05, 4.69) is 5.32 Å². The largest absolute Gasteiger partial charge is 0.358 e. The van der Waals surface area contributed by atoms with Crippen LogP contribution in [0.25, 0.3) is 0 Å². The molecule has 1 atom stereocenters. The second-order valence-electron chi connectivity index (χ2n) is 4.31. The molecule has 0 fully saturated rings. The van der Waals surface area contributed by atoms with Gasteiger partial charge in [0.1, 0.15) is 10.1 Å². The fourth-order valence-corrected chi connectivity index (χ4v) is 3.37. The van der Waals surface area contributed by atoms with E-state index in [1.165, 1.54) is 23.9 Å². The van der Waals surface area contributed by atoms with Crippen LogP contribution in [-0.4, -0.2) is 33.5 Å². The van der Waals surface area contributed by atoms with Crippen molar-refractivity contribution in [1.29, 1.82) is 0 Å². The number of nitrogens with zero attached hydrogens (tertiary/aromatic N) is 1. The first kappa shape index (κ1) is 18.2. The van der Waals surface area contributed by atoms with E-state index in [1.807, 2.05) is 18.7 Å². The first-order chi connectivity index (χ1) is 9.88. The molecule has 1 N–H and O–H groups in total. The Labute approximate surface area is 139 Å². The van der Waals surface area contributed by atoms with Gasteiger partial charge < -0.3 is 10.2 Å². The Morgan fingerprint density at radius 1 is 1.48 bits per heavy atom.